The Balaban J connectivity index is 1.89. The molecule has 182 valence electrons. The van der Waals surface area contributed by atoms with Crippen molar-refractivity contribution < 1.29 is 18.8 Å². The molecular weight excluding hydrogens is 554 g/mol. The van der Waals surface area contributed by atoms with E-state index in [-0.39, 0.29) is 17.4 Å². The molecule has 1 fully saturated rings. The summed E-state index contributed by atoms with van der Waals surface area (Å²) in [6.45, 7) is 6.48. The third kappa shape index (κ3) is 5.68. The molecule has 0 aliphatic carbocycles. The van der Waals surface area contributed by atoms with Crippen molar-refractivity contribution in [1.29, 1.82) is 0 Å². The van der Waals surface area contributed by atoms with Gasteiger partial charge in [-0.15, -0.1) is 0 Å². The molecule has 2 aliphatic heterocycles. The first-order chi connectivity index (χ1) is 15.7. The molecule has 2 heterocycles. The fraction of sp³-hybridized carbons (Fsp3) is 0.714. The van der Waals surface area contributed by atoms with Gasteiger partial charge in [-0.3, -0.25) is 4.90 Å². The van der Waals surface area contributed by atoms with Crippen LogP contribution in [0.4, 0.5) is 0 Å². The van der Waals surface area contributed by atoms with Gasteiger partial charge in [-0.2, -0.15) is 0 Å². The molecule has 3 rings (SSSR count). The molecule has 0 spiro atoms. The Morgan fingerprint density at radius 1 is 1.15 bits per heavy atom. The molecule has 0 radical (unpaired) electrons. The molecule has 5 nitrogen and oxygen atoms in total. The summed E-state index contributed by atoms with van der Waals surface area (Å²) in [5.41, 5.74) is 2.58. The van der Waals surface area contributed by atoms with Crippen molar-refractivity contribution in [3.05, 3.63) is 23.3 Å². The zero-order chi connectivity index (χ0) is 25.5. The van der Waals surface area contributed by atoms with Crippen LogP contribution >= 0.6 is 30.4 Å². The minimum atomic E-state index is -0.518. The predicted molar refractivity (Wildman–Crippen MR) is 167 cm³/mol. The van der Waals surface area contributed by atoms with E-state index >= 15 is 0 Å². The van der Waals surface area contributed by atoms with Crippen molar-refractivity contribution in [2.24, 2.45) is 11.8 Å². The molecule has 0 bridgehead atoms. The minimum Gasteiger partial charge on any atom is -0.502 e. The van der Waals surface area contributed by atoms with E-state index in [4.69, 9.17) is 13.7 Å². The van der Waals surface area contributed by atoms with Gasteiger partial charge in [0.05, 0.1) is 22.4 Å². The topological polar surface area (TPSA) is 51.2 Å². The second kappa shape index (κ2) is 10.9. The fourth-order valence-electron chi connectivity index (χ4n) is 5.49. The van der Waals surface area contributed by atoms with Crippen LogP contribution in [-0.4, -0.2) is 94.2 Å². The Morgan fingerprint density at radius 3 is 2.41 bits per heavy atom. The summed E-state index contributed by atoms with van der Waals surface area (Å²) in [7, 11) is 15.9. The average molecular weight is 592 g/mol. The Labute approximate surface area is 228 Å². The van der Waals surface area contributed by atoms with E-state index in [1.807, 2.05) is 0 Å². The number of hydrogen-bond acceptors (Lipinski definition) is 6. The summed E-state index contributed by atoms with van der Waals surface area (Å²) in [6.07, 6.45) is 2.59. The Kier molecular flexibility index (Phi) is 9.20. The van der Waals surface area contributed by atoms with E-state index in [0.29, 0.717) is 11.8 Å². The molecule has 1 N–H and O–H groups in total. The van der Waals surface area contributed by atoms with E-state index in [0.717, 1.165) is 43.9 Å². The van der Waals surface area contributed by atoms with Crippen molar-refractivity contribution in [3.8, 4) is 11.5 Å². The summed E-state index contributed by atoms with van der Waals surface area (Å²) in [4.78, 5) is 2.57. The monoisotopic (exact) mass is 593 g/mol. The summed E-state index contributed by atoms with van der Waals surface area (Å²) < 4.78 is 18.6. The van der Waals surface area contributed by atoms with Gasteiger partial charge in [0.15, 0.2) is 11.5 Å². The van der Waals surface area contributed by atoms with Crippen molar-refractivity contribution in [2.75, 3.05) is 20.2 Å². The SMILES string of the molecule is BC(B)(OSI)C(B)(B)C(B)(B)Oc1cc2c(cc1OC)[C@H]1C[C@@H](O)[C@H](CC(C)C)CN1CC2. The first-order valence-corrected chi connectivity index (χ1v) is 15.8. The lowest BCUT2D eigenvalue weighted by Crippen LogP contribution is -2.62. The van der Waals surface area contributed by atoms with Gasteiger partial charge in [0.1, 0.15) is 47.1 Å². The van der Waals surface area contributed by atoms with Crippen LogP contribution in [0.1, 0.15) is 43.9 Å². The van der Waals surface area contributed by atoms with Crippen LogP contribution in [0.3, 0.4) is 0 Å². The fourth-order valence-corrected chi connectivity index (χ4v) is 7.20. The number of methoxy groups -OCH3 is 1. The largest absolute Gasteiger partial charge is 0.502 e. The van der Waals surface area contributed by atoms with Crippen molar-refractivity contribution in [3.63, 3.8) is 0 Å². The number of ether oxygens (including phenoxy) is 2. The van der Waals surface area contributed by atoms with Gasteiger partial charge in [0, 0.05) is 51.1 Å². The number of halogens is 1. The molecule has 3 atom stereocenters. The normalized spacial score (nSPS) is 23.9. The first kappa shape index (κ1) is 28.7. The van der Waals surface area contributed by atoms with Crippen LogP contribution in [0.2, 0.25) is 5.21 Å². The standard InChI is InChI=1S/C21H38B6INO4S/c1-11(2)6-13-10-29-5-4-12-7-18(17(31-3)8-14(12)15(29)9-16(13)30)32-20(24,25)19(22,23)21(26,27)33-34-28/h7-8,11,13,15-16,30H,4-6,9-10,22-27H2,1-3H3/t13-,15-,16-/m1/s1. The van der Waals surface area contributed by atoms with Crippen LogP contribution in [0.15, 0.2) is 12.1 Å². The highest BCUT2D eigenvalue weighted by Crippen LogP contribution is 2.47. The second-order valence-corrected chi connectivity index (χ2v) is 13.4. The number of benzene rings is 1. The molecule has 0 saturated carbocycles. The highest BCUT2D eigenvalue weighted by atomic mass is 127. The molecule has 13 heteroatoms. The van der Waals surface area contributed by atoms with Gasteiger partial charge >= 0.3 is 0 Å². The van der Waals surface area contributed by atoms with Gasteiger partial charge in [0.2, 0.25) is 0 Å². The van der Waals surface area contributed by atoms with E-state index in [1.54, 1.807) is 7.11 Å². The van der Waals surface area contributed by atoms with Gasteiger partial charge in [-0.1, -0.05) is 13.8 Å². The van der Waals surface area contributed by atoms with Crippen molar-refractivity contribution >= 4 is 77.5 Å². The Hall–Kier alpha value is 0.170. The molecule has 1 aromatic rings. The lowest BCUT2D eigenvalue weighted by Gasteiger charge is -2.52. The number of fused-ring (bicyclic) bond motifs is 3. The lowest BCUT2D eigenvalue weighted by molar-refractivity contribution is -0.0192. The van der Waals surface area contributed by atoms with E-state index < -0.39 is 10.8 Å². The number of hydrogen-bond donors (Lipinski definition) is 1. The summed E-state index contributed by atoms with van der Waals surface area (Å²) in [6, 6.07) is 4.57. The maximum atomic E-state index is 10.9. The van der Waals surface area contributed by atoms with Crippen molar-refractivity contribution in [2.45, 2.75) is 61.3 Å². The summed E-state index contributed by atoms with van der Waals surface area (Å²) in [5, 5.41) is 9.71. The summed E-state index contributed by atoms with van der Waals surface area (Å²) >= 11 is 2.17. The van der Waals surface area contributed by atoms with Gasteiger partial charge in [-0.05, 0) is 59.6 Å². The number of aliphatic hydroxyl groups is 1. The van der Waals surface area contributed by atoms with Gasteiger partial charge < -0.3 is 18.8 Å². The maximum absolute atomic E-state index is 10.9. The molecule has 34 heavy (non-hydrogen) atoms. The quantitative estimate of drug-likeness (QED) is 0.218. The molecule has 2 aliphatic rings. The molecule has 1 aromatic carbocycles. The first-order valence-electron chi connectivity index (χ1n) is 12.5. The highest BCUT2D eigenvalue weighted by Gasteiger charge is 2.50. The highest BCUT2D eigenvalue weighted by molar-refractivity contribution is 14.2. The van der Waals surface area contributed by atoms with Gasteiger partial charge in [0.25, 0.3) is 0 Å². The third-order valence-electron chi connectivity index (χ3n) is 8.76. The van der Waals surface area contributed by atoms with Crippen LogP contribution in [0.25, 0.3) is 0 Å². The Morgan fingerprint density at radius 2 is 1.82 bits per heavy atom. The minimum absolute atomic E-state index is 0.238. The molecule has 1 saturated heterocycles. The zero-order valence-electron chi connectivity index (χ0n) is 22.4. The zero-order valence-corrected chi connectivity index (χ0v) is 25.4. The van der Waals surface area contributed by atoms with Gasteiger partial charge in [-0.25, -0.2) is 0 Å². The molecule has 0 unspecified atom stereocenters. The predicted octanol–water partition coefficient (Wildman–Crippen LogP) is -1.36. The number of aliphatic hydroxyl groups excluding tert-OH is 1. The number of piperidine rings is 1. The van der Waals surface area contributed by atoms with E-state index in [9.17, 15) is 5.11 Å². The molecular formula is C21H38B6INO4S. The van der Waals surface area contributed by atoms with Crippen molar-refractivity contribution in [1.82, 2.24) is 4.90 Å². The summed E-state index contributed by atoms with van der Waals surface area (Å²) in [5.74, 6) is 2.49. The van der Waals surface area contributed by atoms with Crippen LogP contribution in [-0.2, 0) is 10.6 Å². The third-order valence-corrected chi connectivity index (χ3v) is 9.78. The van der Waals surface area contributed by atoms with E-state index in [1.165, 1.54) is 20.3 Å². The van der Waals surface area contributed by atoms with Crippen LogP contribution in [0, 0.1) is 11.8 Å². The van der Waals surface area contributed by atoms with Crippen LogP contribution < -0.4 is 9.47 Å². The van der Waals surface area contributed by atoms with E-state index in [2.05, 4.69) is 99.2 Å². The Bertz CT molecular complexity index is 878. The second-order valence-electron chi connectivity index (χ2n) is 12.0. The maximum Gasteiger partial charge on any atom is 0.161 e. The van der Waals surface area contributed by atoms with Crippen LogP contribution in [0.5, 0.6) is 11.5 Å². The number of nitrogens with zero attached hydrogens (tertiary/aromatic N) is 1. The lowest BCUT2D eigenvalue weighted by atomic mass is 9.24. The smallest absolute Gasteiger partial charge is 0.161 e. The average Bonchev–Trinajstić information content (AvgIpc) is 2.73. The number of rotatable bonds is 9. The molecule has 0 amide bonds. The molecule has 0 aromatic heterocycles.